The van der Waals surface area contributed by atoms with Crippen molar-refractivity contribution in [3.8, 4) is 5.75 Å². The van der Waals surface area contributed by atoms with Gasteiger partial charge in [0.15, 0.2) is 0 Å². The first kappa shape index (κ1) is 15.8. The van der Waals surface area contributed by atoms with Crippen molar-refractivity contribution in [3.63, 3.8) is 0 Å². The van der Waals surface area contributed by atoms with Gasteiger partial charge in [0, 0.05) is 18.8 Å². The van der Waals surface area contributed by atoms with E-state index in [4.69, 9.17) is 10.5 Å². The van der Waals surface area contributed by atoms with Gasteiger partial charge < -0.3 is 15.4 Å². The van der Waals surface area contributed by atoms with E-state index in [1.165, 1.54) is 16.8 Å². The van der Waals surface area contributed by atoms with Gasteiger partial charge in [0.2, 0.25) is 0 Å². The Balaban J connectivity index is 3.17. The molecule has 108 valence electrons. The fourth-order valence-electron chi connectivity index (χ4n) is 2.37. The minimum atomic E-state index is 0.442. The number of hydrogen-bond acceptors (Lipinski definition) is 3. The van der Waals surface area contributed by atoms with Gasteiger partial charge in [0.25, 0.3) is 0 Å². The molecule has 3 heteroatoms. The molecule has 2 N–H and O–H groups in total. The zero-order chi connectivity index (χ0) is 14.6. The van der Waals surface area contributed by atoms with E-state index in [1.807, 2.05) is 0 Å². The first-order valence-corrected chi connectivity index (χ1v) is 7.03. The highest BCUT2D eigenvalue weighted by Gasteiger charge is 2.16. The Morgan fingerprint density at radius 2 is 1.89 bits per heavy atom. The highest BCUT2D eigenvalue weighted by Crippen LogP contribution is 2.34. The molecule has 0 spiro atoms. The molecule has 0 heterocycles. The molecule has 0 aliphatic heterocycles. The summed E-state index contributed by atoms with van der Waals surface area (Å²) >= 11 is 0. The maximum absolute atomic E-state index is 5.66. The van der Waals surface area contributed by atoms with Gasteiger partial charge in [-0.05, 0) is 56.0 Å². The maximum atomic E-state index is 5.66. The average Bonchev–Trinajstić information content (AvgIpc) is 2.37. The van der Waals surface area contributed by atoms with E-state index in [1.54, 1.807) is 7.11 Å². The van der Waals surface area contributed by atoms with Crippen molar-refractivity contribution in [3.05, 3.63) is 23.3 Å². The van der Waals surface area contributed by atoms with Gasteiger partial charge in [-0.25, -0.2) is 0 Å². The molecule has 0 aliphatic carbocycles. The summed E-state index contributed by atoms with van der Waals surface area (Å²) in [5.74, 6) is 1.43. The molecule has 1 aromatic carbocycles. The van der Waals surface area contributed by atoms with Gasteiger partial charge in [-0.1, -0.05) is 13.8 Å². The smallest absolute Gasteiger partial charge is 0.122 e. The highest BCUT2D eigenvalue weighted by molar-refractivity contribution is 5.59. The summed E-state index contributed by atoms with van der Waals surface area (Å²) in [5, 5.41) is 0. The minimum Gasteiger partial charge on any atom is -0.496 e. The van der Waals surface area contributed by atoms with Crippen LogP contribution in [-0.4, -0.2) is 26.7 Å². The van der Waals surface area contributed by atoms with E-state index < -0.39 is 0 Å². The van der Waals surface area contributed by atoms with Crippen LogP contribution in [0.1, 0.15) is 44.2 Å². The predicted octanol–water partition coefficient (Wildman–Crippen LogP) is 3.30. The third kappa shape index (κ3) is 3.63. The van der Waals surface area contributed by atoms with Crippen LogP contribution >= 0.6 is 0 Å². The van der Waals surface area contributed by atoms with E-state index >= 15 is 0 Å². The molecular formula is C16H28N2O. The van der Waals surface area contributed by atoms with Crippen molar-refractivity contribution in [2.24, 2.45) is 5.73 Å². The Hall–Kier alpha value is -1.22. The number of nitrogens with zero attached hydrogens (tertiary/aromatic N) is 1. The lowest BCUT2D eigenvalue weighted by atomic mass is 9.98. The summed E-state index contributed by atoms with van der Waals surface area (Å²) < 4.78 is 5.49. The Bertz CT molecular complexity index is 415. The minimum absolute atomic E-state index is 0.442. The first-order valence-electron chi connectivity index (χ1n) is 7.03. The molecule has 0 fully saturated rings. The lowest BCUT2D eigenvalue weighted by Crippen LogP contribution is -2.31. The van der Waals surface area contributed by atoms with E-state index in [2.05, 4.69) is 51.8 Å². The number of benzene rings is 1. The monoisotopic (exact) mass is 264 g/mol. The highest BCUT2D eigenvalue weighted by atomic mass is 16.5. The maximum Gasteiger partial charge on any atom is 0.122 e. The van der Waals surface area contributed by atoms with Gasteiger partial charge in [0.1, 0.15) is 5.75 Å². The van der Waals surface area contributed by atoms with Crippen LogP contribution in [0.15, 0.2) is 12.1 Å². The molecule has 0 saturated heterocycles. The lowest BCUT2D eigenvalue weighted by Gasteiger charge is -2.29. The van der Waals surface area contributed by atoms with Crippen molar-refractivity contribution in [2.45, 2.75) is 46.1 Å². The normalized spacial score (nSPS) is 12.6. The largest absolute Gasteiger partial charge is 0.496 e. The average molecular weight is 264 g/mol. The van der Waals surface area contributed by atoms with Crippen molar-refractivity contribution in [1.82, 2.24) is 0 Å². The molecule has 0 bridgehead atoms. The molecule has 1 unspecified atom stereocenters. The summed E-state index contributed by atoms with van der Waals surface area (Å²) in [4.78, 5) is 2.31. The summed E-state index contributed by atoms with van der Waals surface area (Å²) in [6.07, 6.45) is 0.999. The van der Waals surface area contributed by atoms with Crippen LogP contribution in [0.4, 0.5) is 5.69 Å². The van der Waals surface area contributed by atoms with Crippen LogP contribution < -0.4 is 15.4 Å². The molecule has 0 radical (unpaired) electrons. The van der Waals surface area contributed by atoms with Gasteiger partial charge >= 0.3 is 0 Å². The number of hydrogen-bond donors (Lipinski definition) is 1. The summed E-state index contributed by atoms with van der Waals surface area (Å²) in [5.41, 5.74) is 9.43. The Kier molecular flexibility index (Phi) is 5.67. The fraction of sp³-hybridized carbons (Fsp3) is 0.625. The first-order chi connectivity index (χ1) is 8.92. The van der Waals surface area contributed by atoms with Crippen molar-refractivity contribution in [1.29, 1.82) is 0 Å². The summed E-state index contributed by atoms with van der Waals surface area (Å²) in [6.45, 7) is 9.46. The zero-order valence-corrected chi connectivity index (χ0v) is 13.2. The standard InChI is InChI=1S/C16H28N2O/c1-11(2)14-10-15(12(3)9-16(14)19-6)18(5)13(4)7-8-17/h9-11,13H,7-8,17H2,1-6H3. The molecule has 1 atom stereocenters. The molecule has 0 aliphatic rings. The van der Waals surface area contributed by atoms with E-state index in [0.29, 0.717) is 12.0 Å². The molecule has 3 nitrogen and oxygen atoms in total. The second-order valence-electron chi connectivity index (χ2n) is 5.57. The molecule has 0 amide bonds. The van der Waals surface area contributed by atoms with Gasteiger partial charge in [-0.15, -0.1) is 0 Å². The molecule has 1 aromatic rings. The lowest BCUT2D eigenvalue weighted by molar-refractivity contribution is 0.407. The number of aryl methyl sites for hydroxylation is 1. The van der Waals surface area contributed by atoms with Crippen molar-refractivity contribution < 1.29 is 4.74 Å². The number of methoxy groups -OCH3 is 1. The molecule has 0 saturated carbocycles. The number of ether oxygens (including phenoxy) is 1. The SMILES string of the molecule is COc1cc(C)c(N(C)C(C)CCN)cc1C(C)C. The van der Waals surface area contributed by atoms with Crippen LogP contribution in [0.3, 0.4) is 0 Å². The third-order valence-corrected chi connectivity index (χ3v) is 3.80. The van der Waals surface area contributed by atoms with E-state index in [-0.39, 0.29) is 0 Å². The second kappa shape index (κ2) is 6.80. The van der Waals surface area contributed by atoms with E-state index in [9.17, 15) is 0 Å². The Morgan fingerprint density at radius 3 is 2.37 bits per heavy atom. The van der Waals surface area contributed by atoms with Crippen LogP contribution in [0.5, 0.6) is 5.75 Å². The van der Waals surface area contributed by atoms with Gasteiger partial charge in [-0.3, -0.25) is 0 Å². The summed E-state index contributed by atoms with van der Waals surface area (Å²) in [6, 6.07) is 4.83. The third-order valence-electron chi connectivity index (χ3n) is 3.80. The van der Waals surface area contributed by atoms with Crippen LogP contribution in [0.2, 0.25) is 0 Å². The fourth-order valence-corrected chi connectivity index (χ4v) is 2.37. The van der Waals surface area contributed by atoms with Crippen molar-refractivity contribution in [2.75, 3.05) is 25.6 Å². The van der Waals surface area contributed by atoms with Crippen molar-refractivity contribution >= 4 is 5.69 Å². The molecule has 0 aromatic heterocycles. The Morgan fingerprint density at radius 1 is 1.26 bits per heavy atom. The van der Waals surface area contributed by atoms with Crippen LogP contribution in [0, 0.1) is 6.92 Å². The Labute approximate surface area is 117 Å². The van der Waals surface area contributed by atoms with Gasteiger partial charge in [-0.2, -0.15) is 0 Å². The van der Waals surface area contributed by atoms with Crippen LogP contribution in [0.25, 0.3) is 0 Å². The van der Waals surface area contributed by atoms with E-state index in [0.717, 1.165) is 18.7 Å². The van der Waals surface area contributed by atoms with Gasteiger partial charge in [0.05, 0.1) is 7.11 Å². The number of anilines is 1. The number of rotatable bonds is 6. The molecular weight excluding hydrogens is 236 g/mol. The topological polar surface area (TPSA) is 38.5 Å². The summed E-state index contributed by atoms with van der Waals surface area (Å²) in [7, 11) is 3.88. The predicted molar refractivity (Wildman–Crippen MR) is 83.4 cm³/mol. The second-order valence-corrected chi connectivity index (χ2v) is 5.57. The number of nitrogens with two attached hydrogens (primary N) is 1. The quantitative estimate of drug-likeness (QED) is 0.856. The molecule has 19 heavy (non-hydrogen) atoms. The van der Waals surface area contributed by atoms with Crippen LogP contribution in [-0.2, 0) is 0 Å². The zero-order valence-electron chi connectivity index (χ0n) is 13.2. The molecule has 1 rings (SSSR count).